The van der Waals surface area contributed by atoms with E-state index in [9.17, 15) is 0 Å². The molecule has 0 aliphatic rings. The number of rotatable bonds is 9. The molecule has 0 amide bonds. The second kappa shape index (κ2) is 17.4. The van der Waals surface area contributed by atoms with E-state index in [1.807, 2.05) is 18.2 Å². The molecule has 98 valence electrons. The van der Waals surface area contributed by atoms with E-state index in [2.05, 4.69) is 39.7 Å². The summed E-state index contributed by atoms with van der Waals surface area (Å²) in [4.78, 5) is 0. The molecule has 0 aromatic heterocycles. The number of hydrogen-bond donors (Lipinski definition) is 0. The topological polar surface area (TPSA) is 0 Å². The van der Waals surface area contributed by atoms with Crippen molar-refractivity contribution < 1.29 is 0 Å². The fourth-order valence-electron chi connectivity index (χ4n) is 1.23. The first-order chi connectivity index (χ1) is 8.18. The van der Waals surface area contributed by atoms with Crippen molar-refractivity contribution in [3.05, 3.63) is 49.6 Å². The number of allylic oxidation sites excluding steroid dienone is 5. The summed E-state index contributed by atoms with van der Waals surface area (Å²) in [5.74, 6) is 0. The Labute approximate surface area is 109 Å². The Bertz CT molecular complexity index is 194. The van der Waals surface area contributed by atoms with Gasteiger partial charge in [-0.3, -0.25) is 0 Å². The van der Waals surface area contributed by atoms with Gasteiger partial charge in [-0.2, -0.15) is 0 Å². The quantitative estimate of drug-likeness (QED) is 0.328. The van der Waals surface area contributed by atoms with Crippen LogP contribution in [-0.2, 0) is 0 Å². The van der Waals surface area contributed by atoms with Gasteiger partial charge in [0.25, 0.3) is 0 Å². The van der Waals surface area contributed by atoms with Crippen LogP contribution in [0, 0.1) is 0 Å². The van der Waals surface area contributed by atoms with Crippen molar-refractivity contribution in [2.45, 2.75) is 58.8 Å². The lowest BCUT2D eigenvalue weighted by Gasteiger charge is -1.90. The molecule has 0 fully saturated rings. The van der Waals surface area contributed by atoms with Crippen LogP contribution < -0.4 is 0 Å². The van der Waals surface area contributed by atoms with Gasteiger partial charge in [0, 0.05) is 0 Å². The molecule has 0 bridgehead atoms. The molecule has 0 saturated carbocycles. The first kappa shape index (κ1) is 18.3. The van der Waals surface area contributed by atoms with Crippen molar-refractivity contribution in [3.8, 4) is 0 Å². The molecule has 0 aromatic rings. The van der Waals surface area contributed by atoms with Gasteiger partial charge in [0.05, 0.1) is 0 Å². The average Bonchev–Trinajstić information content (AvgIpc) is 2.31. The van der Waals surface area contributed by atoms with Crippen LogP contribution in [0.1, 0.15) is 58.8 Å². The van der Waals surface area contributed by atoms with Crippen LogP contribution >= 0.6 is 0 Å². The summed E-state index contributed by atoms with van der Waals surface area (Å²) in [5, 5.41) is 0. The maximum atomic E-state index is 3.66. The summed E-state index contributed by atoms with van der Waals surface area (Å²) in [6, 6.07) is 0. The second-order valence-corrected chi connectivity index (χ2v) is 4.36. The molecule has 0 heterocycles. The summed E-state index contributed by atoms with van der Waals surface area (Å²) >= 11 is 0. The van der Waals surface area contributed by atoms with Gasteiger partial charge in [-0.1, -0.05) is 29.9 Å². The largest absolute Gasteiger partial charge is 0.103 e. The molecule has 0 heteroatoms. The first-order valence-electron chi connectivity index (χ1n) is 6.65. The predicted molar refractivity (Wildman–Crippen MR) is 82.3 cm³/mol. The SMILES string of the molecule is C=CCCCC=C(C)C.C=CCCCCC=C. The van der Waals surface area contributed by atoms with Crippen LogP contribution in [0.3, 0.4) is 0 Å². The Morgan fingerprint density at radius 3 is 1.47 bits per heavy atom. The summed E-state index contributed by atoms with van der Waals surface area (Å²) in [6.07, 6.45) is 16.6. The zero-order valence-corrected chi connectivity index (χ0v) is 11.9. The minimum absolute atomic E-state index is 1.14. The van der Waals surface area contributed by atoms with Crippen LogP contribution in [-0.4, -0.2) is 0 Å². The molecular formula is C17H30. The molecule has 0 spiro atoms. The highest BCUT2D eigenvalue weighted by atomic mass is 13.9. The lowest BCUT2D eigenvalue weighted by molar-refractivity contribution is 0.764. The average molecular weight is 234 g/mol. The number of hydrogen-bond acceptors (Lipinski definition) is 0. The predicted octanol–water partition coefficient (Wildman–Crippen LogP) is 6.23. The van der Waals surface area contributed by atoms with Gasteiger partial charge >= 0.3 is 0 Å². The van der Waals surface area contributed by atoms with E-state index in [0.29, 0.717) is 0 Å². The van der Waals surface area contributed by atoms with Gasteiger partial charge in [-0.15, -0.1) is 19.7 Å². The van der Waals surface area contributed by atoms with Crippen LogP contribution in [0.5, 0.6) is 0 Å². The van der Waals surface area contributed by atoms with Gasteiger partial charge in [0.1, 0.15) is 0 Å². The van der Waals surface area contributed by atoms with Gasteiger partial charge in [0.15, 0.2) is 0 Å². The standard InChI is InChI=1S/C9H16.C8H14/c1-4-5-6-7-8-9(2)3;1-3-5-7-8-6-4-2/h4,8H,1,5-7H2,2-3H3;3-4H,1-2,5-8H2. The Morgan fingerprint density at radius 1 is 0.706 bits per heavy atom. The molecule has 0 radical (unpaired) electrons. The van der Waals surface area contributed by atoms with Crippen LogP contribution in [0.15, 0.2) is 49.6 Å². The Hall–Kier alpha value is -1.04. The van der Waals surface area contributed by atoms with E-state index < -0.39 is 0 Å². The highest BCUT2D eigenvalue weighted by molar-refractivity contribution is 4.92. The molecule has 0 saturated heterocycles. The van der Waals surface area contributed by atoms with E-state index >= 15 is 0 Å². The zero-order valence-electron chi connectivity index (χ0n) is 11.9. The lowest BCUT2D eigenvalue weighted by Crippen LogP contribution is -1.69. The molecule has 0 aromatic carbocycles. The second-order valence-electron chi connectivity index (χ2n) is 4.36. The minimum Gasteiger partial charge on any atom is -0.103 e. The van der Waals surface area contributed by atoms with Crippen LogP contribution in [0.25, 0.3) is 0 Å². The van der Waals surface area contributed by atoms with Gasteiger partial charge in [0.2, 0.25) is 0 Å². The van der Waals surface area contributed by atoms with Crippen molar-refractivity contribution in [1.82, 2.24) is 0 Å². The Kier molecular flexibility index (Phi) is 18.7. The van der Waals surface area contributed by atoms with Gasteiger partial charge < -0.3 is 0 Å². The summed E-state index contributed by atoms with van der Waals surface area (Å²) in [5.41, 5.74) is 1.42. The Balaban J connectivity index is 0. The summed E-state index contributed by atoms with van der Waals surface area (Å²) in [7, 11) is 0. The van der Waals surface area contributed by atoms with Crippen molar-refractivity contribution in [2.75, 3.05) is 0 Å². The van der Waals surface area contributed by atoms with Crippen LogP contribution in [0.2, 0.25) is 0 Å². The monoisotopic (exact) mass is 234 g/mol. The maximum Gasteiger partial charge on any atom is -0.0345 e. The number of unbranched alkanes of at least 4 members (excludes halogenated alkanes) is 5. The molecule has 0 rings (SSSR count). The summed E-state index contributed by atoms with van der Waals surface area (Å²) < 4.78 is 0. The lowest BCUT2D eigenvalue weighted by atomic mass is 10.2. The smallest absolute Gasteiger partial charge is 0.0345 e. The van der Waals surface area contributed by atoms with Crippen LogP contribution in [0.4, 0.5) is 0 Å². The van der Waals surface area contributed by atoms with Crippen molar-refractivity contribution in [1.29, 1.82) is 0 Å². The molecule has 17 heavy (non-hydrogen) atoms. The molecule has 0 aliphatic heterocycles. The normalized spacial score (nSPS) is 8.59. The van der Waals surface area contributed by atoms with E-state index in [0.717, 1.165) is 19.3 Å². The van der Waals surface area contributed by atoms with E-state index in [-0.39, 0.29) is 0 Å². The highest BCUT2D eigenvalue weighted by Gasteiger charge is 1.80. The molecular weight excluding hydrogens is 204 g/mol. The third-order valence-corrected chi connectivity index (χ3v) is 2.23. The van der Waals surface area contributed by atoms with Gasteiger partial charge in [-0.05, 0) is 58.8 Å². The van der Waals surface area contributed by atoms with E-state index in [1.54, 1.807) is 0 Å². The fourth-order valence-corrected chi connectivity index (χ4v) is 1.23. The zero-order chi connectivity index (χ0) is 13.4. The molecule has 0 unspecified atom stereocenters. The van der Waals surface area contributed by atoms with Crippen molar-refractivity contribution >= 4 is 0 Å². The molecule has 0 nitrogen and oxygen atoms in total. The molecule has 0 aliphatic carbocycles. The first-order valence-corrected chi connectivity index (χ1v) is 6.65. The van der Waals surface area contributed by atoms with Crippen molar-refractivity contribution in [3.63, 3.8) is 0 Å². The van der Waals surface area contributed by atoms with E-state index in [4.69, 9.17) is 0 Å². The maximum absolute atomic E-state index is 3.66. The fraction of sp³-hybridized carbons (Fsp3) is 0.529. The summed E-state index contributed by atoms with van der Waals surface area (Å²) in [6.45, 7) is 15.2. The molecule has 0 atom stereocenters. The minimum atomic E-state index is 1.14. The third-order valence-electron chi connectivity index (χ3n) is 2.23. The third kappa shape index (κ3) is 25.3. The molecule has 0 N–H and O–H groups in total. The highest BCUT2D eigenvalue weighted by Crippen LogP contribution is 2.00. The van der Waals surface area contributed by atoms with Crippen molar-refractivity contribution in [2.24, 2.45) is 0 Å². The Morgan fingerprint density at radius 2 is 1.12 bits per heavy atom. The van der Waals surface area contributed by atoms with Gasteiger partial charge in [-0.25, -0.2) is 0 Å². The van der Waals surface area contributed by atoms with E-state index in [1.165, 1.54) is 31.3 Å².